The molecule has 0 atom stereocenters. The summed E-state index contributed by atoms with van der Waals surface area (Å²) in [6, 6.07) is 10.8. The number of hydrogen-bond donors (Lipinski definition) is 3. The monoisotopic (exact) mass is 400 g/mol. The fraction of sp³-hybridized carbons (Fsp3) is 0.150. The number of aromatic hydroxyl groups is 1. The SMILES string of the molecule is COc1ccc(C(=O)NNC(=O)COC(=O)/C=C/c2ccc(O)c(OC)c2)cc1. The van der Waals surface area contributed by atoms with E-state index in [0.717, 1.165) is 6.08 Å². The number of hydrazine groups is 1. The van der Waals surface area contributed by atoms with E-state index in [1.165, 1.54) is 44.6 Å². The molecule has 0 fully saturated rings. The molecule has 0 bridgehead atoms. The van der Waals surface area contributed by atoms with E-state index >= 15 is 0 Å². The van der Waals surface area contributed by atoms with Crippen LogP contribution in [0.2, 0.25) is 0 Å². The first-order valence-electron chi connectivity index (χ1n) is 8.38. The molecule has 9 nitrogen and oxygen atoms in total. The third-order valence-corrected chi connectivity index (χ3v) is 3.63. The zero-order valence-corrected chi connectivity index (χ0v) is 15.8. The largest absolute Gasteiger partial charge is 0.504 e. The van der Waals surface area contributed by atoms with E-state index in [9.17, 15) is 19.5 Å². The number of ether oxygens (including phenoxy) is 3. The van der Waals surface area contributed by atoms with Crippen LogP contribution in [0.3, 0.4) is 0 Å². The highest BCUT2D eigenvalue weighted by Crippen LogP contribution is 2.26. The number of benzene rings is 2. The van der Waals surface area contributed by atoms with E-state index in [1.54, 1.807) is 18.2 Å². The molecule has 0 aliphatic heterocycles. The fourth-order valence-corrected chi connectivity index (χ4v) is 2.12. The van der Waals surface area contributed by atoms with Crippen LogP contribution in [0.15, 0.2) is 48.5 Å². The number of methoxy groups -OCH3 is 2. The molecule has 0 spiro atoms. The maximum absolute atomic E-state index is 11.9. The third kappa shape index (κ3) is 6.58. The molecule has 152 valence electrons. The lowest BCUT2D eigenvalue weighted by Crippen LogP contribution is -2.43. The fourth-order valence-electron chi connectivity index (χ4n) is 2.12. The van der Waals surface area contributed by atoms with E-state index in [4.69, 9.17) is 14.2 Å². The maximum atomic E-state index is 11.9. The second-order valence-corrected chi connectivity index (χ2v) is 5.60. The first-order valence-corrected chi connectivity index (χ1v) is 8.38. The molecular formula is C20H20N2O7. The molecule has 2 aromatic rings. The number of esters is 1. The number of carbonyl (C=O) groups excluding carboxylic acids is 3. The van der Waals surface area contributed by atoms with Gasteiger partial charge in [0.15, 0.2) is 18.1 Å². The predicted octanol–water partition coefficient (Wildman–Crippen LogP) is 1.43. The van der Waals surface area contributed by atoms with Crippen molar-refractivity contribution in [2.45, 2.75) is 0 Å². The van der Waals surface area contributed by atoms with Crippen LogP contribution in [0.25, 0.3) is 6.08 Å². The minimum atomic E-state index is -0.756. The van der Waals surface area contributed by atoms with Crippen LogP contribution in [0.1, 0.15) is 15.9 Å². The van der Waals surface area contributed by atoms with Gasteiger partial charge in [0.1, 0.15) is 5.75 Å². The number of carbonyl (C=O) groups is 3. The van der Waals surface area contributed by atoms with Crippen LogP contribution >= 0.6 is 0 Å². The number of phenolic OH excluding ortho intramolecular Hbond substituents is 1. The van der Waals surface area contributed by atoms with Gasteiger partial charge < -0.3 is 19.3 Å². The average Bonchev–Trinajstić information content (AvgIpc) is 2.75. The quantitative estimate of drug-likeness (QED) is 0.365. The highest BCUT2D eigenvalue weighted by Gasteiger charge is 2.09. The molecule has 0 heterocycles. The Kier molecular flexibility index (Phi) is 7.60. The molecule has 2 amide bonds. The predicted molar refractivity (Wildman–Crippen MR) is 103 cm³/mol. The smallest absolute Gasteiger partial charge is 0.331 e. The maximum Gasteiger partial charge on any atom is 0.331 e. The normalized spacial score (nSPS) is 10.3. The third-order valence-electron chi connectivity index (χ3n) is 3.63. The van der Waals surface area contributed by atoms with Gasteiger partial charge >= 0.3 is 5.97 Å². The Balaban J connectivity index is 1.76. The van der Waals surface area contributed by atoms with Gasteiger partial charge in [0, 0.05) is 11.6 Å². The zero-order valence-electron chi connectivity index (χ0n) is 15.8. The Morgan fingerprint density at radius 3 is 2.38 bits per heavy atom. The molecule has 0 saturated heterocycles. The summed E-state index contributed by atoms with van der Waals surface area (Å²) in [5.74, 6) is -1.17. The van der Waals surface area contributed by atoms with Gasteiger partial charge in [-0.3, -0.25) is 20.4 Å². The Labute approximate surface area is 166 Å². The molecule has 3 N–H and O–H groups in total. The Bertz CT molecular complexity index is 908. The summed E-state index contributed by atoms with van der Waals surface area (Å²) in [4.78, 5) is 35.3. The molecule has 2 rings (SSSR count). The number of phenols is 1. The van der Waals surface area contributed by atoms with Crippen LogP contribution in [0.4, 0.5) is 0 Å². The molecule has 0 aliphatic carbocycles. The molecule has 0 unspecified atom stereocenters. The van der Waals surface area contributed by atoms with Crippen LogP contribution in [-0.2, 0) is 14.3 Å². The van der Waals surface area contributed by atoms with Gasteiger partial charge in [0.05, 0.1) is 14.2 Å². The van der Waals surface area contributed by atoms with E-state index in [1.807, 2.05) is 0 Å². The summed E-state index contributed by atoms with van der Waals surface area (Å²) in [7, 11) is 2.91. The van der Waals surface area contributed by atoms with Crippen LogP contribution in [0.5, 0.6) is 17.2 Å². The zero-order chi connectivity index (χ0) is 21.2. The topological polar surface area (TPSA) is 123 Å². The minimum absolute atomic E-state index is 0.0272. The molecule has 0 aliphatic rings. The first-order chi connectivity index (χ1) is 13.9. The molecular weight excluding hydrogens is 380 g/mol. The molecule has 29 heavy (non-hydrogen) atoms. The van der Waals surface area contributed by atoms with Gasteiger partial charge in [-0.25, -0.2) is 4.79 Å². The van der Waals surface area contributed by atoms with Crippen molar-refractivity contribution in [2.24, 2.45) is 0 Å². The van der Waals surface area contributed by atoms with E-state index < -0.39 is 24.4 Å². The van der Waals surface area contributed by atoms with Crippen molar-refractivity contribution in [3.63, 3.8) is 0 Å². The van der Waals surface area contributed by atoms with Crippen LogP contribution in [0, 0.1) is 0 Å². The number of nitrogens with one attached hydrogen (secondary N) is 2. The second-order valence-electron chi connectivity index (χ2n) is 5.60. The van der Waals surface area contributed by atoms with Gasteiger partial charge in [-0.05, 0) is 48.0 Å². The number of rotatable bonds is 7. The van der Waals surface area contributed by atoms with Gasteiger partial charge in [0.2, 0.25) is 0 Å². The summed E-state index contributed by atoms with van der Waals surface area (Å²) in [5, 5.41) is 9.52. The minimum Gasteiger partial charge on any atom is -0.504 e. The molecule has 9 heteroatoms. The highest BCUT2D eigenvalue weighted by atomic mass is 16.5. The Morgan fingerprint density at radius 1 is 1.00 bits per heavy atom. The Morgan fingerprint density at radius 2 is 1.72 bits per heavy atom. The van der Waals surface area contributed by atoms with Crippen molar-refractivity contribution in [1.82, 2.24) is 10.9 Å². The second kappa shape index (κ2) is 10.4. The van der Waals surface area contributed by atoms with Gasteiger partial charge in [-0.15, -0.1) is 0 Å². The van der Waals surface area contributed by atoms with Crippen molar-refractivity contribution in [2.75, 3.05) is 20.8 Å². The molecule has 2 aromatic carbocycles. The Hall–Kier alpha value is -4.01. The van der Waals surface area contributed by atoms with Crippen molar-refractivity contribution in [3.8, 4) is 17.2 Å². The van der Waals surface area contributed by atoms with Crippen molar-refractivity contribution in [1.29, 1.82) is 0 Å². The van der Waals surface area contributed by atoms with Crippen molar-refractivity contribution >= 4 is 23.9 Å². The highest BCUT2D eigenvalue weighted by molar-refractivity contribution is 5.96. The van der Waals surface area contributed by atoms with E-state index in [-0.39, 0.29) is 11.5 Å². The number of hydrogen-bond acceptors (Lipinski definition) is 7. The number of amides is 2. The van der Waals surface area contributed by atoms with E-state index in [0.29, 0.717) is 16.9 Å². The molecule has 0 saturated carbocycles. The summed E-state index contributed by atoms with van der Waals surface area (Å²) < 4.78 is 14.7. The summed E-state index contributed by atoms with van der Waals surface area (Å²) in [5.41, 5.74) is 5.26. The summed E-state index contributed by atoms with van der Waals surface area (Å²) >= 11 is 0. The van der Waals surface area contributed by atoms with Gasteiger partial charge in [0.25, 0.3) is 11.8 Å². The average molecular weight is 400 g/mol. The molecule has 0 aromatic heterocycles. The molecule has 0 radical (unpaired) electrons. The standard InChI is InChI=1S/C20H20N2O7/c1-27-15-7-5-14(6-8-15)20(26)22-21-18(24)12-29-19(25)10-4-13-3-9-16(23)17(11-13)28-2/h3-11,23H,12H2,1-2H3,(H,21,24)(H,22,26)/b10-4+. The lowest BCUT2D eigenvalue weighted by molar-refractivity contribution is -0.144. The van der Waals surface area contributed by atoms with Gasteiger partial charge in [-0.2, -0.15) is 0 Å². The van der Waals surface area contributed by atoms with Crippen molar-refractivity contribution < 1.29 is 33.7 Å². The lowest BCUT2D eigenvalue weighted by Gasteiger charge is -2.08. The lowest BCUT2D eigenvalue weighted by atomic mass is 10.2. The van der Waals surface area contributed by atoms with E-state index in [2.05, 4.69) is 10.9 Å². The van der Waals surface area contributed by atoms with Crippen molar-refractivity contribution in [3.05, 3.63) is 59.7 Å². The first kappa shape index (κ1) is 21.3. The van der Waals surface area contributed by atoms with Crippen LogP contribution in [-0.4, -0.2) is 43.7 Å². The summed E-state index contributed by atoms with van der Waals surface area (Å²) in [6.45, 7) is -0.578. The summed E-state index contributed by atoms with van der Waals surface area (Å²) in [6.07, 6.45) is 2.56. The van der Waals surface area contributed by atoms with Crippen LogP contribution < -0.4 is 20.3 Å². The van der Waals surface area contributed by atoms with Gasteiger partial charge in [-0.1, -0.05) is 6.07 Å².